The lowest BCUT2D eigenvalue weighted by atomic mass is 10.00. The Bertz CT molecular complexity index is 1030. The molecule has 1 amide bonds. The minimum Gasteiger partial charge on any atom is -0.331 e. The largest absolute Gasteiger partial charge is 0.331 e. The molecule has 2 unspecified atom stereocenters. The molecular formula is C27H35N5O. The van der Waals surface area contributed by atoms with Crippen LogP contribution < -0.4 is 10.6 Å². The maximum absolute atomic E-state index is 13.3. The highest BCUT2D eigenvalue weighted by Gasteiger charge is 2.34. The number of rotatable bonds is 8. The molecule has 4 rings (SSSR count). The fourth-order valence-corrected chi connectivity index (χ4v) is 4.70. The van der Waals surface area contributed by atoms with E-state index in [1.165, 1.54) is 5.56 Å². The fourth-order valence-electron chi connectivity index (χ4n) is 4.70. The maximum Gasteiger partial charge on any atom is 0.224 e. The molecule has 1 aliphatic rings. The molecule has 0 aliphatic carbocycles. The molecule has 6 nitrogen and oxygen atoms in total. The lowest BCUT2D eigenvalue weighted by Crippen LogP contribution is -2.47. The summed E-state index contributed by atoms with van der Waals surface area (Å²) in [5, 5.41) is 6.78. The molecule has 6 heteroatoms. The van der Waals surface area contributed by atoms with Crippen molar-refractivity contribution in [3.63, 3.8) is 0 Å². The second-order valence-corrected chi connectivity index (χ2v) is 9.16. The first kappa shape index (κ1) is 23.2. The van der Waals surface area contributed by atoms with Gasteiger partial charge < -0.3 is 20.1 Å². The summed E-state index contributed by atoms with van der Waals surface area (Å²) in [7, 11) is 1.96. The smallest absolute Gasteiger partial charge is 0.224 e. The van der Waals surface area contributed by atoms with Crippen LogP contribution >= 0.6 is 0 Å². The molecule has 3 aromatic rings. The normalized spacial score (nSPS) is 17.9. The summed E-state index contributed by atoms with van der Waals surface area (Å²) in [5.74, 6) is 1.37. The van der Waals surface area contributed by atoms with E-state index in [4.69, 9.17) is 4.98 Å². The zero-order valence-corrected chi connectivity index (χ0v) is 19.9. The zero-order valence-electron chi connectivity index (χ0n) is 19.9. The van der Waals surface area contributed by atoms with Crippen molar-refractivity contribution in [3.05, 3.63) is 78.2 Å². The van der Waals surface area contributed by atoms with Gasteiger partial charge in [0.1, 0.15) is 5.82 Å². The quantitative estimate of drug-likeness (QED) is 0.555. The van der Waals surface area contributed by atoms with Crippen molar-refractivity contribution in [2.75, 3.05) is 26.7 Å². The Hall–Kier alpha value is -2.96. The first-order valence-corrected chi connectivity index (χ1v) is 11.9. The second kappa shape index (κ2) is 10.8. The summed E-state index contributed by atoms with van der Waals surface area (Å²) in [5.41, 5.74) is 3.25. The van der Waals surface area contributed by atoms with Crippen molar-refractivity contribution in [2.45, 2.75) is 38.9 Å². The van der Waals surface area contributed by atoms with Gasteiger partial charge in [0.15, 0.2) is 0 Å². The molecule has 0 radical (unpaired) electrons. The molecule has 0 spiro atoms. The average Bonchev–Trinajstić information content (AvgIpc) is 3.13. The van der Waals surface area contributed by atoms with Gasteiger partial charge in [0.25, 0.3) is 0 Å². The first-order chi connectivity index (χ1) is 16.1. The van der Waals surface area contributed by atoms with Crippen LogP contribution in [0.3, 0.4) is 0 Å². The van der Waals surface area contributed by atoms with Gasteiger partial charge in [0.05, 0.1) is 11.7 Å². The van der Waals surface area contributed by atoms with Gasteiger partial charge in [-0.25, -0.2) is 4.98 Å². The third-order valence-corrected chi connectivity index (χ3v) is 6.26. The van der Waals surface area contributed by atoms with Crippen LogP contribution in [0, 0.1) is 5.92 Å². The van der Waals surface area contributed by atoms with Gasteiger partial charge >= 0.3 is 0 Å². The number of carbonyl (C=O) groups excluding carboxylic acids is 1. The Labute approximate surface area is 197 Å². The van der Waals surface area contributed by atoms with Crippen molar-refractivity contribution < 1.29 is 4.79 Å². The number of aromatic nitrogens is 2. The number of benzene rings is 2. The number of hydrogen-bond donors (Lipinski definition) is 2. The SMILES string of the molecule is CNCC1CN(C(c2nc(-c3ccccc3)cn2Cc2ccccc2)C(C)C)C(=O)CCN1. The highest BCUT2D eigenvalue weighted by Crippen LogP contribution is 2.32. The number of nitrogens with zero attached hydrogens (tertiary/aromatic N) is 3. The van der Waals surface area contributed by atoms with Crippen LogP contribution in [0.2, 0.25) is 0 Å². The Morgan fingerprint density at radius 3 is 2.45 bits per heavy atom. The van der Waals surface area contributed by atoms with Gasteiger partial charge in [-0.3, -0.25) is 4.79 Å². The van der Waals surface area contributed by atoms with E-state index in [0.29, 0.717) is 19.5 Å². The molecule has 0 saturated carbocycles. The molecule has 1 aromatic heterocycles. The standard InChI is InChI=1S/C27H35N5O/c1-20(2)26(32-18-23(16-28-3)29-15-14-25(32)33)27-30-24(22-12-8-5-9-13-22)19-31(27)17-21-10-6-4-7-11-21/h4-13,19-20,23,26,28-29H,14-18H2,1-3H3. The highest BCUT2D eigenvalue weighted by molar-refractivity contribution is 5.77. The van der Waals surface area contributed by atoms with Crippen molar-refractivity contribution in [2.24, 2.45) is 5.92 Å². The van der Waals surface area contributed by atoms with Crippen molar-refractivity contribution in [1.82, 2.24) is 25.1 Å². The van der Waals surface area contributed by atoms with E-state index in [1.54, 1.807) is 0 Å². The van der Waals surface area contributed by atoms with Gasteiger partial charge in [-0.1, -0.05) is 74.5 Å². The van der Waals surface area contributed by atoms with Gasteiger partial charge in [-0.2, -0.15) is 0 Å². The number of likely N-dealkylation sites (N-methyl/N-ethyl adjacent to an activating group) is 1. The minimum absolute atomic E-state index is 0.0991. The van der Waals surface area contributed by atoms with Gasteiger partial charge in [0.2, 0.25) is 5.91 Å². The van der Waals surface area contributed by atoms with E-state index < -0.39 is 0 Å². The van der Waals surface area contributed by atoms with E-state index >= 15 is 0 Å². The van der Waals surface area contributed by atoms with Crippen molar-refractivity contribution in [1.29, 1.82) is 0 Å². The Balaban J connectivity index is 1.77. The predicted octanol–water partition coefficient (Wildman–Crippen LogP) is 3.71. The minimum atomic E-state index is -0.0991. The molecule has 33 heavy (non-hydrogen) atoms. The number of carbonyl (C=O) groups is 1. The lowest BCUT2D eigenvalue weighted by molar-refractivity contribution is -0.134. The monoisotopic (exact) mass is 445 g/mol. The first-order valence-electron chi connectivity index (χ1n) is 11.9. The molecule has 2 aromatic carbocycles. The molecule has 2 heterocycles. The lowest BCUT2D eigenvalue weighted by Gasteiger charge is -2.35. The van der Waals surface area contributed by atoms with Gasteiger partial charge in [-0.05, 0) is 18.5 Å². The predicted molar refractivity (Wildman–Crippen MR) is 133 cm³/mol. The van der Waals surface area contributed by atoms with Crippen LogP contribution in [0.1, 0.15) is 37.7 Å². The molecule has 1 saturated heterocycles. The molecule has 1 aliphatic heterocycles. The van der Waals surface area contributed by atoms with Crippen molar-refractivity contribution >= 4 is 5.91 Å². The molecular weight excluding hydrogens is 410 g/mol. The summed E-state index contributed by atoms with van der Waals surface area (Å²) in [6.07, 6.45) is 2.65. The Morgan fingerprint density at radius 1 is 1.09 bits per heavy atom. The zero-order chi connectivity index (χ0) is 23.2. The van der Waals surface area contributed by atoms with Crippen LogP contribution in [-0.2, 0) is 11.3 Å². The topological polar surface area (TPSA) is 62.2 Å². The van der Waals surface area contributed by atoms with Crippen LogP contribution in [0.5, 0.6) is 0 Å². The Kier molecular flexibility index (Phi) is 7.57. The number of amides is 1. The molecule has 2 N–H and O–H groups in total. The van der Waals surface area contributed by atoms with E-state index in [-0.39, 0.29) is 23.9 Å². The average molecular weight is 446 g/mol. The van der Waals surface area contributed by atoms with E-state index in [1.807, 2.05) is 31.3 Å². The molecule has 174 valence electrons. The third kappa shape index (κ3) is 5.52. The van der Waals surface area contributed by atoms with E-state index in [9.17, 15) is 4.79 Å². The van der Waals surface area contributed by atoms with Crippen LogP contribution in [-0.4, -0.2) is 53.1 Å². The number of nitrogens with one attached hydrogen (secondary N) is 2. The van der Waals surface area contributed by atoms with Gasteiger partial charge in [0, 0.05) is 50.4 Å². The molecule has 0 bridgehead atoms. The van der Waals surface area contributed by atoms with Crippen LogP contribution in [0.25, 0.3) is 11.3 Å². The van der Waals surface area contributed by atoms with Crippen LogP contribution in [0.4, 0.5) is 0 Å². The summed E-state index contributed by atoms with van der Waals surface area (Å²) in [6.45, 7) is 7.30. The number of imidazole rings is 1. The summed E-state index contributed by atoms with van der Waals surface area (Å²) in [4.78, 5) is 20.5. The maximum atomic E-state index is 13.3. The fraction of sp³-hybridized carbons (Fsp3) is 0.407. The Morgan fingerprint density at radius 2 is 1.79 bits per heavy atom. The third-order valence-electron chi connectivity index (χ3n) is 6.26. The second-order valence-electron chi connectivity index (χ2n) is 9.16. The van der Waals surface area contributed by atoms with E-state index in [2.05, 4.69) is 76.5 Å². The van der Waals surface area contributed by atoms with E-state index in [0.717, 1.165) is 30.2 Å². The van der Waals surface area contributed by atoms with Crippen LogP contribution in [0.15, 0.2) is 66.9 Å². The number of hydrogen-bond acceptors (Lipinski definition) is 4. The highest BCUT2D eigenvalue weighted by atomic mass is 16.2. The van der Waals surface area contributed by atoms with Gasteiger partial charge in [-0.15, -0.1) is 0 Å². The molecule has 1 fully saturated rings. The summed E-state index contributed by atoms with van der Waals surface area (Å²) in [6, 6.07) is 20.8. The summed E-state index contributed by atoms with van der Waals surface area (Å²) < 4.78 is 2.24. The molecule has 2 atom stereocenters. The summed E-state index contributed by atoms with van der Waals surface area (Å²) >= 11 is 0. The van der Waals surface area contributed by atoms with Crippen molar-refractivity contribution in [3.8, 4) is 11.3 Å².